The van der Waals surface area contributed by atoms with E-state index in [0.717, 1.165) is 12.8 Å². The second-order valence-corrected chi connectivity index (χ2v) is 3.72. The Labute approximate surface area is 79.9 Å². The lowest BCUT2D eigenvalue weighted by Crippen LogP contribution is -2.06. The van der Waals surface area contributed by atoms with Crippen molar-refractivity contribution in [2.75, 3.05) is 0 Å². The molecule has 2 heteroatoms. The van der Waals surface area contributed by atoms with Gasteiger partial charge in [0.2, 0.25) is 0 Å². The highest BCUT2D eigenvalue weighted by Crippen LogP contribution is 2.18. The summed E-state index contributed by atoms with van der Waals surface area (Å²) < 4.78 is 5.20. The average Bonchev–Trinajstić information content (AvgIpc) is 2.45. The van der Waals surface area contributed by atoms with Crippen LogP contribution in [0.1, 0.15) is 26.7 Å². The van der Waals surface area contributed by atoms with Crippen LogP contribution in [0.2, 0.25) is 0 Å². The monoisotopic (exact) mass is 182 g/mol. The van der Waals surface area contributed by atoms with E-state index < -0.39 is 6.29 Å². The lowest BCUT2D eigenvalue weighted by Gasteiger charge is -2.03. The molecule has 0 spiro atoms. The first-order chi connectivity index (χ1) is 6.18. The summed E-state index contributed by atoms with van der Waals surface area (Å²) in [6, 6.07) is 0. The second kappa shape index (κ2) is 5.20. The van der Waals surface area contributed by atoms with Crippen LogP contribution >= 0.6 is 0 Å². The molecule has 0 aromatic rings. The highest BCUT2D eigenvalue weighted by atomic mass is 16.6. The Balaban J connectivity index is 2.24. The van der Waals surface area contributed by atoms with E-state index in [1.807, 2.05) is 18.2 Å². The first-order valence-corrected chi connectivity index (χ1v) is 4.87. The predicted molar refractivity (Wildman–Crippen MR) is 53.2 cm³/mol. The van der Waals surface area contributed by atoms with E-state index in [2.05, 4.69) is 19.9 Å². The zero-order chi connectivity index (χ0) is 9.68. The van der Waals surface area contributed by atoms with Crippen LogP contribution in [0.5, 0.6) is 0 Å². The van der Waals surface area contributed by atoms with Crippen molar-refractivity contribution in [3.05, 3.63) is 24.3 Å². The Kier molecular flexibility index (Phi) is 4.19. The molecule has 1 rings (SSSR count). The molecule has 0 aromatic heterocycles. The normalized spacial score (nSPS) is 29.8. The van der Waals surface area contributed by atoms with E-state index in [0.29, 0.717) is 5.92 Å². The van der Waals surface area contributed by atoms with Gasteiger partial charge in [-0.25, -0.2) is 0 Å². The highest BCUT2D eigenvalue weighted by Gasteiger charge is 2.19. The Bertz CT molecular complexity index is 194. The minimum atomic E-state index is -0.552. The summed E-state index contributed by atoms with van der Waals surface area (Å²) in [6.45, 7) is 4.28. The molecule has 0 aromatic carbocycles. The number of allylic oxidation sites excluding steroid dienone is 3. The smallest absolute Gasteiger partial charge is 0.155 e. The zero-order valence-corrected chi connectivity index (χ0v) is 8.31. The largest absolute Gasteiger partial charge is 0.368 e. The lowest BCUT2D eigenvalue weighted by atomic mass is 10.2. The molecule has 0 saturated carbocycles. The van der Waals surface area contributed by atoms with Gasteiger partial charge in [0.1, 0.15) is 0 Å². The third-order valence-corrected chi connectivity index (χ3v) is 1.96. The predicted octanol–water partition coefficient (Wildman–Crippen LogP) is 2.25. The molecule has 0 amide bonds. The van der Waals surface area contributed by atoms with Crippen molar-refractivity contribution in [2.24, 2.45) is 5.92 Å². The second-order valence-electron chi connectivity index (χ2n) is 3.72. The summed E-state index contributed by atoms with van der Waals surface area (Å²) in [4.78, 5) is 0. The minimum Gasteiger partial charge on any atom is -0.368 e. The molecule has 13 heavy (non-hydrogen) atoms. The number of aliphatic hydroxyl groups excluding tert-OH is 1. The van der Waals surface area contributed by atoms with Gasteiger partial charge >= 0.3 is 0 Å². The molecule has 1 aliphatic rings. The van der Waals surface area contributed by atoms with Crippen LogP contribution in [0, 0.1) is 5.92 Å². The van der Waals surface area contributed by atoms with Crippen molar-refractivity contribution in [3.63, 3.8) is 0 Å². The number of aliphatic hydroxyl groups is 1. The van der Waals surface area contributed by atoms with Crippen LogP contribution < -0.4 is 0 Å². The van der Waals surface area contributed by atoms with Crippen molar-refractivity contribution < 1.29 is 9.84 Å². The molecule has 74 valence electrons. The highest BCUT2D eigenvalue weighted by molar-refractivity contribution is 5.06. The van der Waals surface area contributed by atoms with Gasteiger partial charge in [-0.15, -0.1) is 0 Å². The van der Waals surface area contributed by atoms with Crippen molar-refractivity contribution in [1.29, 1.82) is 0 Å². The van der Waals surface area contributed by atoms with Crippen molar-refractivity contribution in [1.82, 2.24) is 0 Å². The molecule has 1 saturated heterocycles. The maximum atomic E-state index is 9.07. The molecule has 1 fully saturated rings. The fourth-order valence-corrected chi connectivity index (χ4v) is 1.26. The maximum absolute atomic E-state index is 9.07. The Morgan fingerprint density at radius 2 is 2.08 bits per heavy atom. The van der Waals surface area contributed by atoms with E-state index in [-0.39, 0.29) is 6.10 Å². The summed E-state index contributed by atoms with van der Waals surface area (Å²) in [7, 11) is 0. The molecule has 0 radical (unpaired) electrons. The molecule has 1 aliphatic heterocycles. The zero-order valence-electron chi connectivity index (χ0n) is 8.31. The first kappa shape index (κ1) is 10.5. The molecular formula is C11H18O2. The van der Waals surface area contributed by atoms with Crippen LogP contribution in [0.25, 0.3) is 0 Å². The molecule has 0 bridgehead atoms. The van der Waals surface area contributed by atoms with Gasteiger partial charge < -0.3 is 9.84 Å². The maximum Gasteiger partial charge on any atom is 0.155 e. The van der Waals surface area contributed by atoms with Crippen LogP contribution in [-0.2, 0) is 4.74 Å². The third kappa shape index (κ3) is 4.25. The molecule has 1 heterocycles. The number of hydrogen-bond donors (Lipinski definition) is 1. The van der Waals surface area contributed by atoms with E-state index >= 15 is 0 Å². The number of ether oxygens (including phenoxy) is 1. The fourth-order valence-electron chi connectivity index (χ4n) is 1.26. The molecule has 2 atom stereocenters. The van der Waals surface area contributed by atoms with E-state index in [1.165, 1.54) is 0 Å². The lowest BCUT2D eigenvalue weighted by molar-refractivity contribution is -0.0777. The van der Waals surface area contributed by atoms with Gasteiger partial charge in [-0.2, -0.15) is 0 Å². The van der Waals surface area contributed by atoms with Gasteiger partial charge in [0.15, 0.2) is 6.29 Å². The van der Waals surface area contributed by atoms with Crippen molar-refractivity contribution in [3.8, 4) is 0 Å². The topological polar surface area (TPSA) is 29.5 Å². The van der Waals surface area contributed by atoms with Gasteiger partial charge in [0.25, 0.3) is 0 Å². The van der Waals surface area contributed by atoms with Gasteiger partial charge in [0, 0.05) is 6.42 Å². The van der Waals surface area contributed by atoms with Crippen LogP contribution in [0.4, 0.5) is 0 Å². The SMILES string of the molecule is CC(C)/C=C/C=C/C1CCC(O)O1. The summed E-state index contributed by atoms with van der Waals surface area (Å²) in [5.74, 6) is 0.583. The van der Waals surface area contributed by atoms with Gasteiger partial charge in [0.05, 0.1) is 6.10 Å². The Hall–Kier alpha value is -0.600. The van der Waals surface area contributed by atoms with Crippen LogP contribution in [0.15, 0.2) is 24.3 Å². The van der Waals surface area contributed by atoms with Crippen LogP contribution in [0.3, 0.4) is 0 Å². The van der Waals surface area contributed by atoms with Crippen molar-refractivity contribution in [2.45, 2.75) is 39.1 Å². The first-order valence-electron chi connectivity index (χ1n) is 4.87. The number of rotatable bonds is 3. The third-order valence-electron chi connectivity index (χ3n) is 1.96. The van der Waals surface area contributed by atoms with E-state index in [9.17, 15) is 0 Å². The van der Waals surface area contributed by atoms with Gasteiger partial charge in [-0.3, -0.25) is 0 Å². The number of hydrogen-bond acceptors (Lipinski definition) is 2. The van der Waals surface area contributed by atoms with E-state index in [4.69, 9.17) is 9.84 Å². The molecular weight excluding hydrogens is 164 g/mol. The fraction of sp³-hybridized carbons (Fsp3) is 0.636. The van der Waals surface area contributed by atoms with Crippen LogP contribution in [-0.4, -0.2) is 17.5 Å². The summed E-state index contributed by atoms with van der Waals surface area (Å²) in [5, 5.41) is 9.07. The molecule has 1 N–H and O–H groups in total. The van der Waals surface area contributed by atoms with Crippen molar-refractivity contribution >= 4 is 0 Å². The average molecular weight is 182 g/mol. The Morgan fingerprint density at radius 3 is 2.62 bits per heavy atom. The standard InChI is InChI=1S/C11H18O2/c1-9(2)5-3-4-6-10-7-8-11(12)13-10/h3-6,9-12H,7-8H2,1-2H3/b5-3+,6-4+. The summed E-state index contributed by atoms with van der Waals surface area (Å²) in [5.41, 5.74) is 0. The van der Waals surface area contributed by atoms with E-state index in [1.54, 1.807) is 0 Å². The molecule has 2 unspecified atom stereocenters. The summed E-state index contributed by atoms with van der Waals surface area (Å²) in [6.07, 6.45) is 9.37. The molecule has 2 nitrogen and oxygen atoms in total. The van der Waals surface area contributed by atoms with Gasteiger partial charge in [-0.05, 0) is 12.3 Å². The Morgan fingerprint density at radius 1 is 1.31 bits per heavy atom. The molecule has 0 aliphatic carbocycles. The summed E-state index contributed by atoms with van der Waals surface area (Å²) >= 11 is 0. The van der Waals surface area contributed by atoms with Gasteiger partial charge in [-0.1, -0.05) is 38.2 Å². The minimum absolute atomic E-state index is 0.104. The quantitative estimate of drug-likeness (QED) is 0.678.